The number of hydrogen-bond acceptors (Lipinski definition) is 5. The van der Waals surface area contributed by atoms with E-state index < -0.39 is 5.91 Å². The van der Waals surface area contributed by atoms with Crippen LogP contribution in [0.2, 0.25) is 0 Å². The molecule has 3 rings (SSSR count). The Morgan fingerprint density at radius 2 is 2.28 bits per heavy atom. The minimum Gasteiger partial charge on any atom is -0.490 e. The van der Waals surface area contributed by atoms with Crippen molar-refractivity contribution in [3.63, 3.8) is 0 Å². The van der Waals surface area contributed by atoms with Crippen LogP contribution in [0.4, 0.5) is 0 Å². The van der Waals surface area contributed by atoms with Crippen LogP contribution < -0.4 is 20.5 Å². The molecular formula is C19H25N3O3. The number of hydrogen-bond donors (Lipinski definition) is 2. The summed E-state index contributed by atoms with van der Waals surface area (Å²) in [4.78, 5) is 16.1. The molecule has 25 heavy (non-hydrogen) atoms. The number of nitrogens with two attached hydrogens (primary N) is 1. The van der Waals surface area contributed by atoms with Crippen molar-refractivity contribution in [2.24, 2.45) is 11.7 Å². The number of ether oxygens (including phenoxy) is 2. The Balaban J connectivity index is 1.91. The Kier molecular flexibility index (Phi) is 5.38. The van der Waals surface area contributed by atoms with Crippen molar-refractivity contribution in [1.29, 1.82) is 0 Å². The summed E-state index contributed by atoms with van der Waals surface area (Å²) in [7, 11) is 0. The fraction of sp³-hybridized carbons (Fsp3) is 0.474. The summed E-state index contributed by atoms with van der Waals surface area (Å²) in [6.07, 6.45) is 3.95. The lowest BCUT2D eigenvalue weighted by molar-refractivity contribution is 0.0994. The van der Waals surface area contributed by atoms with Crippen LogP contribution in [-0.2, 0) is 0 Å². The summed E-state index contributed by atoms with van der Waals surface area (Å²) in [6, 6.07) is 5.39. The normalized spacial score (nSPS) is 17.6. The lowest BCUT2D eigenvalue weighted by Gasteiger charge is -2.23. The summed E-state index contributed by atoms with van der Waals surface area (Å²) in [5, 5.41) is 5.07. The Labute approximate surface area is 147 Å². The average Bonchev–Trinajstić information content (AvgIpc) is 2.59. The fourth-order valence-electron chi connectivity index (χ4n) is 3.10. The highest BCUT2D eigenvalue weighted by molar-refractivity contribution is 6.01. The number of rotatable bonds is 6. The van der Waals surface area contributed by atoms with Crippen molar-refractivity contribution in [3.05, 3.63) is 30.0 Å². The van der Waals surface area contributed by atoms with E-state index in [1.165, 1.54) is 6.42 Å². The Bertz CT molecular complexity index is 755. The second-order valence-corrected chi connectivity index (χ2v) is 6.74. The summed E-state index contributed by atoms with van der Waals surface area (Å²) in [5.74, 6) is 1.01. The minimum absolute atomic E-state index is 0.0649. The molecule has 1 atom stereocenters. The highest BCUT2D eigenvalue weighted by Gasteiger charge is 2.17. The van der Waals surface area contributed by atoms with E-state index in [9.17, 15) is 4.79 Å². The Hall–Kier alpha value is -2.34. The highest BCUT2D eigenvalue weighted by atomic mass is 16.5. The quantitative estimate of drug-likeness (QED) is 0.841. The number of carbonyl (C=O) groups is 1. The molecule has 6 nitrogen and oxygen atoms in total. The van der Waals surface area contributed by atoms with Crippen LogP contribution in [0.5, 0.6) is 11.6 Å². The maximum Gasteiger partial charge on any atom is 0.252 e. The van der Waals surface area contributed by atoms with Gasteiger partial charge in [-0.2, -0.15) is 0 Å². The maximum absolute atomic E-state index is 11.8. The van der Waals surface area contributed by atoms with Gasteiger partial charge in [-0.1, -0.05) is 0 Å². The minimum atomic E-state index is -0.509. The topological polar surface area (TPSA) is 86.5 Å². The van der Waals surface area contributed by atoms with Crippen molar-refractivity contribution in [1.82, 2.24) is 10.3 Å². The van der Waals surface area contributed by atoms with Gasteiger partial charge in [-0.15, -0.1) is 0 Å². The zero-order valence-corrected chi connectivity index (χ0v) is 14.7. The van der Waals surface area contributed by atoms with E-state index >= 15 is 0 Å². The number of nitrogens with zero attached hydrogens (tertiary/aromatic N) is 1. The number of primary amides is 1. The van der Waals surface area contributed by atoms with Crippen LogP contribution in [0.25, 0.3) is 10.8 Å². The fourth-order valence-corrected chi connectivity index (χ4v) is 3.10. The molecule has 2 heterocycles. The zero-order chi connectivity index (χ0) is 17.8. The van der Waals surface area contributed by atoms with Crippen molar-refractivity contribution in [2.75, 3.05) is 19.7 Å². The molecule has 134 valence electrons. The van der Waals surface area contributed by atoms with Gasteiger partial charge in [0.2, 0.25) is 5.88 Å². The second-order valence-electron chi connectivity index (χ2n) is 6.74. The van der Waals surface area contributed by atoms with Gasteiger partial charge >= 0.3 is 0 Å². The van der Waals surface area contributed by atoms with Crippen LogP contribution >= 0.6 is 0 Å². The molecule has 0 aliphatic carbocycles. The molecule has 1 aromatic carbocycles. The van der Waals surface area contributed by atoms with Crippen LogP contribution in [0.15, 0.2) is 24.4 Å². The van der Waals surface area contributed by atoms with Crippen LogP contribution in [0, 0.1) is 5.92 Å². The van der Waals surface area contributed by atoms with Gasteiger partial charge in [-0.3, -0.25) is 4.79 Å². The van der Waals surface area contributed by atoms with E-state index in [4.69, 9.17) is 15.2 Å². The number of pyridine rings is 1. The molecule has 0 radical (unpaired) electrons. The molecule has 1 saturated heterocycles. The molecule has 0 bridgehead atoms. The molecule has 1 aliphatic heterocycles. The van der Waals surface area contributed by atoms with Crippen LogP contribution in [-0.4, -0.2) is 36.7 Å². The first kappa shape index (κ1) is 17.5. The molecule has 1 aromatic heterocycles. The van der Waals surface area contributed by atoms with Gasteiger partial charge in [-0.05, 0) is 56.8 Å². The summed E-state index contributed by atoms with van der Waals surface area (Å²) < 4.78 is 11.8. The summed E-state index contributed by atoms with van der Waals surface area (Å²) in [6.45, 7) is 6.49. The molecule has 1 fully saturated rings. The summed E-state index contributed by atoms with van der Waals surface area (Å²) >= 11 is 0. The van der Waals surface area contributed by atoms with E-state index in [0.717, 1.165) is 30.3 Å². The molecule has 0 spiro atoms. The molecular weight excluding hydrogens is 318 g/mol. The molecule has 0 saturated carbocycles. The third kappa shape index (κ3) is 4.20. The molecule has 1 amide bonds. The highest BCUT2D eigenvalue weighted by Crippen LogP contribution is 2.31. The van der Waals surface area contributed by atoms with Crippen molar-refractivity contribution < 1.29 is 14.3 Å². The predicted octanol–water partition coefficient (Wildman–Crippen LogP) is 2.50. The third-order valence-electron chi connectivity index (χ3n) is 4.31. The Morgan fingerprint density at radius 3 is 2.96 bits per heavy atom. The van der Waals surface area contributed by atoms with Gasteiger partial charge in [0, 0.05) is 24.0 Å². The van der Waals surface area contributed by atoms with E-state index in [0.29, 0.717) is 29.7 Å². The number of fused-ring (bicyclic) bond motifs is 1. The number of benzene rings is 1. The van der Waals surface area contributed by atoms with Gasteiger partial charge in [0.15, 0.2) is 0 Å². The zero-order valence-electron chi connectivity index (χ0n) is 14.7. The largest absolute Gasteiger partial charge is 0.490 e. The monoisotopic (exact) mass is 343 g/mol. The summed E-state index contributed by atoms with van der Waals surface area (Å²) in [5.41, 5.74) is 5.87. The number of amides is 1. The van der Waals surface area contributed by atoms with E-state index in [1.54, 1.807) is 18.3 Å². The van der Waals surface area contributed by atoms with E-state index in [-0.39, 0.29) is 6.10 Å². The smallest absolute Gasteiger partial charge is 0.252 e. The first-order chi connectivity index (χ1) is 12.0. The van der Waals surface area contributed by atoms with Gasteiger partial charge in [0.05, 0.1) is 18.3 Å². The van der Waals surface area contributed by atoms with E-state index in [1.807, 2.05) is 19.9 Å². The first-order valence-electron chi connectivity index (χ1n) is 8.77. The van der Waals surface area contributed by atoms with Crippen LogP contribution in [0.3, 0.4) is 0 Å². The SMILES string of the molecule is CC(C)Oc1cc2c(OC[C@@H]3CCCNC3)nccc2cc1C(N)=O. The van der Waals surface area contributed by atoms with Gasteiger partial charge in [0.1, 0.15) is 5.75 Å². The predicted molar refractivity (Wildman–Crippen MR) is 97.1 cm³/mol. The standard InChI is InChI=1S/C19H25N3O3/c1-12(2)25-17-9-15-14(8-16(17)18(20)23)5-7-22-19(15)24-11-13-4-3-6-21-10-13/h5,7-9,12-13,21H,3-4,6,10-11H2,1-2H3,(H2,20,23)/t13-/m1/s1. The molecule has 1 aliphatic rings. The lowest BCUT2D eigenvalue weighted by Crippen LogP contribution is -2.33. The number of piperidine rings is 1. The molecule has 6 heteroatoms. The van der Waals surface area contributed by atoms with E-state index in [2.05, 4.69) is 10.3 Å². The number of nitrogens with one attached hydrogen (secondary N) is 1. The maximum atomic E-state index is 11.8. The van der Waals surface area contributed by atoms with Gasteiger partial charge in [-0.25, -0.2) is 4.98 Å². The average molecular weight is 343 g/mol. The Morgan fingerprint density at radius 1 is 1.44 bits per heavy atom. The number of carbonyl (C=O) groups excluding carboxylic acids is 1. The molecule has 0 unspecified atom stereocenters. The van der Waals surface area contributed by atoms with Crippen LogP contribution in [0.1, 0.15) is 37.0 Å². The van der Waals surface area contributed by atoms with Crippen molar-refractivity contribution in [2.45, 2.75) is 32.8 Å². The lowest BCUT2D eigenvalue weighted by atomic mass is 10.0. The molecule has 3 N–H and O–H groups in total. The van der Waals surface area contributed by atoms with Crippen molar-refractivity contribution in [3.8, 4) is 11.6 Å². The number of aromatic nitrogens is 1. The second kappa shape index (κ2) is 7.70. The van der Waals surface area contributed by atoms with Gasteiger partial charge in [0.25, 0.3) is 5.91 Å². The third-order valence-corrected chi connectivity index (χ3v) is 4.31. The first-order valence-corrected chi connectivity index (χ1v) is 8.77. The van der Waals surface area contributed by atoms with Gasteiger partial charge < -0.3 is 20.5 Å². The van der Waals surface area contributed by atoms with Crippen molar-refractivity contribution >= 4 is 16.7 Å². The molecule has 2 aromatic rings.